The number of aryl methyl sites for hydroxylation is 4. The van der Waals surface area contributed by atoms with Crippen LogP contribution < -0.4 is 35.2 Å². The van der Waals surface area contributed by atoms with Crippen molar-refractivity contribution in [2.45, 2.75) is 27.7 Å². The van der Waals surface area contributed by atoms with Crippen molar-refractivity contribution in [2.75, 3.05) is 0 Å². The molecule has 6 aromatic carbocycles. The molecule has 0 fully saturated rings. The molecule has 6 aromatic rings. The van der Waals surface area contributed by atoms with Crippen LogP contribution in [-0.4, -0.2) is 5.49 Å². The second-order valence-electron chi connectivity index (χ2n) is 10.3. The third-order valence-electron chi connectivity index (χ3n) is 7.10. The van der Waals surface area contributed by atoms with E-state index in [2.05, 4.69) is 84.9 Å². The van der Waals surface area contributed by atoms with Crippen LogP contribution in [0.25, 0.3) is 22.3 Å². The SMILES string of the molecule is Cc1ccc(C)[c-]1-c1cccc(F)c1.Cc1ccc(C)[c-]1-c1cccc(F)c1.[Cl-].[Cl-].[Hf+2]=[Si](c1ccccc1)c1ccccc1. The molecule has 0 saturated carbocycles. The van der Waals surface area contributed by atoms with Gasteiger partial charge in [-0.15, -0.1) is 69.8 Å². The van der Waals surface area contributed by atoms with Crippen LogP contribution in [0.5, 0.6) is 0 Å². The molecule has 0 aromatic heterocycles. The third kappa shape index (κ3) is 10.1. The first-order valence-corrected chi connectivity index (χ1v) is 20.8. The van der Waals surface area contributed by atoms with Crippen LogP contribution in [0.4, 0.5) is 8.78 Å². The van der Waals surface area contributed by atoms with Gasteiger partial charge in [0.25, 0.3) is 0 Å². The molecule has 0 saturated heterocycles. The Labute approximate surface area is 287 Å². The van der Waals surface area contributed by atoms with E-state index in [0.717, 1.165) is 22.3 Å². The molecule has 44 heavy (non-hydrogen) atoms. The molecular formula is C38H34Cl2F2HfSi-2. The number of rotatable bonds is 4. The standard InChI is InChI=1S/2C13H12F.C12H10Si.2ClH.Hf/c2*1-9-6-7-10(2)13(9)11-4-3-5-12(14)8-11;1-3-7-11(8-4-1)13-12-9-5-2-6-10-12;;;/h2*3-8H,1-2H3;1-10H;2*1H;/q2*-1;;;;+2/p-2. The summed E-state index contributed by atoms with van der Waals surface area (Å²) < 4.78 is 26.0. The maximum atomic E-state index is 13.0. The summed E-state index contributed by atoms with van der Waals surface area (Å²) in [5, 5.41) is 3.07. The molecule has 224 valence electrons. The summed E-state index contributed by atoms with van der Waals surface area (Å²) in [5.74, 6) is -0.356. The van der Waals surface area contributed by atoms with Gasteiger partial charge in [0, 0.05) is 0 Å². The van der Waals surface area contributed by atoms with Gasteiger partial charge in [-0.25, -0.2) is 8.78 Å². The second-order valence-corrected chi connectivity index (χ2v) is 17.6. The van der Waals surface area contributed by atoms with Gasteiger partial charge >= 0.3 is 99.5 Å². The van der Waals surface area contributed by atoms with Gasteiger partial charge in [0.05, 0.1) is 11.6 Å². The molecule has 0 bridgehead atoms. The molecule has 0 aliphatic rings. The average Bonchev–Trinajstić information content (AvgIpc) is 3.53. The van der Waals surface area contributed by atoms with Crippen LogP contribution in [0.2, 0.25) is 0 Å². The fourth-order valence-corrected chi connectivity index (χ4v) is 10.0. The normalized spacial score (nSPS) is 9.82. The second kappa shape index (κ2) is 18.2. The van der Waals surface area contributed by atoms with Crippen LogP contribution >= 0.6 is 0 Å². The van der Waals surface area contributed by atoms with Crippen LogP contribution in [-0.2, 0) is 23.0 Å². The Bertz CT molecular complexity index is 1590. The molecule has 0 aliphatic carbocycles. The summed E-state index contributed by atoms with van der Waals surface area (Å²) >= 11 is 1.27. The molecule has 0 nitrogen and oxygen atoms in total. The summed E-state index contributed by atoms with van der Waals surface area (Å²) in [5.41, 5.74) is 8.64. The topological polar surface area (TPSA) is 0 Å². The van der Waals surface area contributed by atoms with E-state index in [1.165, 1.54) is 67.8 Å². The quantitative estimate of drug-likeness (QED) is 0.190. The van der Waals surface area contributed by atoms with Gasteiger partial charge in [0.15, 0.2) is 0 Å². The van der Waals surface area contributed by atoms with Crippen molar-refractivity contribution in [3.05, 3.63) is 167 Å². The Hall–Kier alpha value is -2.89. The summed E-state index contributed by atoms with van der Waals surface area (Å²) in [7, 11) is 0. The molecule has 6 heteroatoms. The number of hydrogen-bond acceptors (Lipinski definition) is 0. The molecule has 0 N–H and O–H groups in total. The fourth-order valence-electron chi connectivity index (χ4n) is 5.03. The molecule has 0 aliphatic heterocycles. The Morgan fingerprint density at radius 2 is 0.773 bits per heavy atom. The molecule has 0 radical (unpaired) electrons. The van der Waals surface area contributed by atoms with Gasteiger partial charge in [0.1, 0.15) is 0 Å². The zero-order chi connectivity index (χ0) is 30.1. The zero-order valence-electron chi connectivity index (χ0n) is 25.2. The van der Waals surface area contributed by atoms with E-state index in [4.69, 9.17) is 0 Å². The van der Waals surface area contributed by atoms with E-state index in [0.29, 0.717) is 0 Å². The van der Waals surface area contributed by atoms with E-state index >= 15 is 0 Å². The molecular weight excluding hydrogens is 772 g/mol. The van der Waals surface area contributed by atoms with Gasteiger partial charge in [-0.3, -0.25) is 0 Å². The molecule has 6 rings (SSSR count). The summed E-state index contributed by atoms with van der Waals surface area (Å²) in [6.07, 6.45) is 0. The molecule has 0 amide bonds. The van der Waals surface area contributed by atoms with E-state index in [-0.39, 0.29) is 36.4 Å². The van der Waals surface area contributed by atoms with Crippen LogP contribution in [0.3, 0.4) is 0 Å². The Morgan fingerprint density at radius 3 is 1.07 bits per heavy atom. The van der Waals surface area contributed by atoms with Crippen molar-refractivity contribution in [3.8, 4) is 22.3 Å². The minimum atomic E-state index is -0.406. The van der Waals surface area contributed by atoms with Crippen molar-refractivity contribution >= 4 is 15.9 Å². The maximum absolute atomic E-state index is 13.0. The number of benzene rings is 4. The average molecular weight is 806 g/mol. The minimum absolute atomic E-state index is 0. The van der Waals surface area contributed by atoms with Crippen LogP contribution in [0.15, 0.2) is 133 Å². The Morgan fingerprint density at radius 1 is 0.455 bits per heavy atom. The first kappa shape index (κ1) is 37.3. The van der Waals surface area contributed by atoms with Crippen LogP contribution in [0.1, 0.15) is 22.3 Å². The third-order valence-corrected chi connectivity index (χ3v) is 15.1. The Balaban J connectivity index is 0.000000225. The van der Waals surface area contributed by atoms with Crippen molar-refractivity contribution in [1.82, 2.24) is 0 Å². The predicted octanol–water partition coefficient (Wildman–Crippen LogP) is 3.00. The van der Waals surface area contributed by atoms with Crippen molar-refractivity contribution in [1.29, 1.82) is 0 Å². The molecule has 0 spiro atoms. The Kier molecular flexibility index (Phi) is 15.4. The monoisotopic (exact) mass is 806 g/mol. The molecule has 0 atom stereocenters. The number of halogens is 4. The van der Waals surface area contributed by atoms with E-state index in [1.807, 2.05) is 39.8 Å². The summed E-state index contributed by atoms with van der Waals surface area (Å²) in [6.45, 7) is 8.20. The molecule has 0 heterocycles. The van der Waals surface area contributed by atoms with Gasteiger partial charge in [-0.05, 0) is 12.1 Å². The van der Waals surface area contributed by atoms with Gasteiger partial charge in [-0.2, -0.15) is 0 Å². The van der Waals surface area contributed by atoms with Crippen molar-refractivity contribution in [3.63, 3.8) is 0 Å². The summed E-state index contributed by atoms with van der Waals surface area (Å²) in [4.78, 5) is 0. The van der Waals surface area contributed by atoms with Gasteiger partial charge in [0.2, 0.25) is 0 Å². The predicted molar refractivity (Wildman–Crippen MR) is 172 cm³/mol. The molecule has 0 unspecified atom stereocenters. The first-order chi connectivity index (χ1) is 20.2. The first-order valence-electron chi connectivity index (χ1n) is 13.9. The van der Waals surface area contributed by atoms with Crippen molar-refractivity contribution < 1.29 is 56.6 Å². The van der Waals surface area contributed by atoms with E-state index < -0.39 is 5.49 Å². The summed E-state index contributed by atoms with van der Waals surface area (Å²) in [6, 6.07) is 43.5. The van der Waals surface area contributed by atoms with E-state index in [9.17, 15) is 8.78 Å². The van der Waals surface area contributed by atoms with Crippen LogP contribution in [0, 0.1) is 39.3 Å². The van der Waals surface area contributed by atoms with Crippen molar-refractivity contribution in [2.24, 2.45) is 0 Å². The van der Waals surface area contributed by atoms with E-state index in [1.54, 1.807) is 24.3 Å². The van der Waals surface area contributed by atoms with Gasteiger partial charge in [-0.1, -0.05) is 63.1 Å². The van der Waals surface area contributed by atoms with Gasteiger partial charge < -0.3 is 24.8 Å². The fraction of sp³-hybridized carbons (Fsp3) is 0.105. The number of hydrogen-bond donors (Lipinski definition) is 0. The zero-order valence-corrected chi connectivity index (χ0v) is 31.3.